The summed E-state index contributed by atoms with van der Waals surface area (Å²) in [5.74, 6) is -0.861. The summed E-state index contributed by atoms with van der Waals surface area (Å²) in [4.78, 5) is 28.2. The Hall–Kier alpha value is -1.64. The summed E-state index contributed by atoms with van der Waals surface area (Å²) in [7, 11) is -1.92. The number of sulfone groups is 1. The van der Waals surface area contributed by atoms with E-state index in [0.29, 0.717) is 10.6 Å². The molecule has 2 aliphatic rings. The third-order valence-electron chi connectivity index (χ3n) is 4.63. The van der Waals surface area contributed by atoms with Crippen molar-refractivity contribution < 1.29 is 22.7 Å². The molecule has 0 bridgehead atoms. The van der Waals surface area contributed by atoms with Crippen LogP contribution in [-0.2, 0) is 19.4 Å². The Morgan fingerprint density at radius 1 is 1.16 bits per heavy atom. The molecular formula is C16H19ClN2O5S. The van der Waals surface area contributed by atoms with Crippen molar-refractivity contribution in [2.24, 2.45) is 0 Å². The zero-order valence-corrected chi connectivity index (χ0v) is 15.3. The van der Waals surface area contributed by atoms with Gasteiger partial charge in [0.15, 0.2) is 9.84 Å². The molecule has 0 unspecified atom stereocenters. The van der Waals surface area contributed by atoms with Crippen LogP contribution in [0.15, 0.2) is 24.3 Å². The number of hydrogen-bond acceptors (Lipinski definition) is 5. The minimum absolute atomic E-state index is 0.109. The molecule has 0 spiro atoms. The topological polar surface area (TPSA) is 84.0 Å². The second-order valence-corrected chi connectivity index (χ2v) is 8.77. The lowest BCUT2D eigenvalue weighted by molar-refractivity contribution is -0.140. The van der Waals surface area contributed by atoms with Gasteiger partial charge in [0, 0.05) is 20.2 Å². The van der Waals surface area contributed by atoms with Gasteiger partial charge < -0.3 is 14.5 Å². The van der Waals surface area contributed by atoms with Gasteiger partial charge in [-0.2, -0.15) is 0 Å². The summed E-state index contributed by atoms with van der Waals surface area (Å²) in [5.41, 5.74) is 0.337. The zero-order chi connectivity index (χ0) is 18.2. The van der Waals surface area contributed by atoms with Gasteiger partial charge in [-0.1, -0.05) is 23.7 Å². The van der Waals surface area contributed by atoms with Crippen molar-refractivity contribution in [1.82, 2.24) is 9.80 Å². The van der Waals surface area contributed by atoms with Gasteiger partial charge >= 0.3 is 0 Å². The molecule has 1 aromatic rings. The molecule has 2 fully saturated rings. The van der Waals surface area contributed by atoms with Gasteiger partial charge in [-0.05, 0) is 12.1 Å². The Bertz CT molecular complexity index is 797. The van der Waals surface area contributed by atoms with Gasteiger partial charge in [-0.25, -0.2) is 8.42 Å². The molecule has 0 aliphatic carbocycles. The Balaban J connectivity index is 1.90. The van der Waals surface area contributed by atoms with E-state index < -0.39 is 21.9 Å². The van der Waals surface area contributed by atoms with Crippen LogP contribution >= 0.6 is 11.6 Å². The minimum Gasteiger partial charge on any atom is -0.375 e. The fourth-order valence-corrected chi connectivity index (χ4v) is 5.71. The van der Waals surface area contributed by atoms with E-state index in [2.05, 4.69) is 0 Å². The fourth-order valence-electron chi connectivity index (χ4n) is 3.51. The number of rotatable bonds is 3. The Morgan fingerprint density at radius 3 is 2.40 bits per heavy atom. The van der Waals surface area contributed by atoms with Crippen molar-refractivity contribution in [2.45, 2.75) is 12.1 Å². The average Bonchev–Trinajstić information content (AvgIpc) is 2.88. The van der Waals surface area contributed by atoms with Gasteiger partial charge in [0.25, 0.3) is 5.91 Å². The van der Waals surface area contributed by atoms with Gasteiger partial charge in [-0.15, -0.1) is 0 Å². The largest absolute Gasteiger partial charge is 0.375 e. The normalized spacial score (nSPS) is 24.9. The number of benzene rings is 1. The van der Waals surface area contributed by atoms with Gasteiger partial charge in [0.2, 0.25) is 5.91 Å². The lowest BCUT2D eigenvalue weighted by Crippen LogP contribution is -2.62. The van der Waals surface area contributed by atoms with Crippen molar-refractivity contribution >= 4 is 33.3 Å². The van der Waals surface area contributed by atoms with E-state index in [1.165, 1.54) is 16.9 Å². The van der Waals surface area contributed by atoms with Crippen LogP contribution in [0.5, 0.6) is 0 Å². The van der Waals surface area contributed by atoms with Crippen LogP contribution in [0.2, 0.25) is 5.02 Å². The number of carbonyl (C=O) groups excluding carboxylic acids is 2. The molecule has 9 heteroatoms. The highest BCUT2D eigenvalue weighted by molar-refractivity contribution is 7.91. The van der Waals surface area contributed by atoms with Crippen molar-refractivity contribution in [3.63, 3.8) is 0 Å². The quantitative estimate of drug-likeness (QED) is 0.752. The third kappa shape index (κ3) is 3.51. The summed E-state index contributed by atoms with van der Waals surface area (Å²) in [5, 5.41) is 0.322. The standard InChI is InChI=1S/C16H19ClN2O5S/c1-24-8-15(20)18-6-7-19(14-10-25(22,23)9-13(14)18)16(21)11-4-2-3-5-12(11)17/h2-5,13-14H,6-10H2,1H3/t13-,14+/m1/s1. The number of methoxy groups -OCH3 is 1. The average molecular weight is 387 g/mol. The van der Waals surface area contributed by atoms with Crippen molar-refractivity contribution in [1.29, 1.82) is 0 Å². The molecule has 3 rings (SSSR count). The molecule has 2 aliphatic heterocycles. The Labute approximate surface area is 151 Å². The minimum atomic E-state index is -3.33. The number of nitrogens with zero attached hydrogens (tertiary/aromatic N) is 2. The van der Waals surface area contributed by atoms with E-state index >= 15 is 0 Å². The summed E-state index contributed by atoms with van der Waals surface area (Å²) in [6.45, 7) is 0.424. The highest BCUT2D eigenvalue weighted by Crippen LogP contribution is 2.29. The van der Waals surface area contributed by atoms with Crippen molar-refractivity contribution in [3.8, 4) is 0 Å². The van der Waals surface area contributed by atoms with Crippen molar-refractivity contribution in [3.05, 3.63) is 34.9 Å². The maximum Gasteiger partial charge on any atom is 0.255 e. The summed E-state index contributed by atoms with van der Waals surface area (Å²) >= 11 is 6.11. The predicted molar refractivity (Wildman–Crippen MR) is 92.3 cm³/mol. The highest BCUT2D eigenvalue weighted by atomic mass is 35.5. The molecule has 2 heterocycles. The third-order valence-corrected chi connectivity index (χ3v) is 6.66. The molecule has 0 saturated carbocycles. The molecule has 2 saturated heterocycles. The number of carbonyl (C=O) groups is 2. The molecule has 136 valence electrons. The number of piperazine rings is 1. The van der Waals surface area contributed by atoms with Crippen LogP contribution in [0.3, 0.4) is 0 Å². The summed E-state index contributed by atoms with van der Waals surface area (Å²) < 4.78 is 29.2. The molecule has 7 nitrogen and oxygen atoms in total. The van der Waals surface area contributed by atoms with E-state index in [-0.39, 0.29) is 43.0 Å². The molecule has 25 heavy (non-hydrogen) atoms. The molecule has 0 N–H and O–H groups in total. The van der Waals surface area contributed by atoms with E-state index in [0.717, 1.165) is 0 Å². The predicted octanol–water partition coefficient (Wildman–Crippen LogP) is 0.436. The van der Waals surface area contributed by atoms with Crippen LogP contribution in [0, 0.1) is 0 Å². The SMILES string of the molecule is COCC(=O)N1CCN(C(=O)c2ccccc2Cl)[C@H]2CS(=O)(=O)C[C@H]21. The van der Waals surface area contributed by atoms with Crippen LogP contribution in [0.1, 0.15) is 10.4 Å². The first-order valence-electron chi connectivity index (χ1n) is 7.88. The van der Waals surface area contributed by atoms with Gasteiger partial charge in [0.05, 0.1) is 34.2 Å². The van der Waals surface area contributed by atoms with Crippen LogP contribution in [0.4, 0.5) is 0 Å². The van der Waals surface area contributed by atoms with E-state index in [9.17, 15) is 18.0 Å². The first kappa shape index (κ1) is 18.2. The second kappa shape index (κ2) is 6.93. The molecule has 1 aromatic carbocycles. The first-order valence-corrected chi connectivity index (χ1v) is 10.1. The van der Waals surface area contributed by atoms with E-state index in [1.807, 2.05) is 0 Å². The lowest BCUT2D eigenvalue weighted by atomic mass is 10.0. The van der Waals surface area contributed by atoms with E-state index in [4.69, 9.17) is 16.3 Å². The number of halogens is 1. The number of ether oxygens (including phenoxy) is 1. The Morgan fingerprint density at radius 2 is 1.76 bits per heavy atom. The molecule has 0 radical (unpaired) electrons. The fraction of sp³-hybridized carbons (Fsp3) is 0.500. The van der Waals surface area contributed by atoms with Crippen LogP contribution < -0.4 is 0 Å². The maximum absolute atomic E-state index is 12.9. The molecule has 0 aromatic heterocycles. The number of amides is 2. The summed E-state index contributed by atoms with van der Waals surface area (Å²) in [6.07, 6.45) is 0. The van der Waals surface area contributed by atoms with Crippen LogP contribution in [-0.4, -0.2) is 80.4 Å². The molecule has 2 atom stereocenters. The second-order valence-electron chi connectivity index (χ2n) is 6.21. The number of fused-ring (bicyclic) bond motifs is 1. The number of hydrogen-bond donors (Lipinski definition) is 0. The Kier molecular flexibility index (Phi) is 5.04. The highest BCUT2D eigenvalue weighted by Gasteiger charge is 2.49. The molecule has 2 amide bonds. The molecular weight excluding hydrogens is 368 g/mol. The van der Waals surface area contributed by atoms with Crippen LogP contribution in [0.25, 0.3) is 0 Å². The smallest absolute Gasteiger partial charge is 0.255 e. The zero-order valence-electron chi connectivity index (χ0n) is 13.7. The summed E-state index contributed by atoms with van der Waals surface area (Å²) in [6, 6.07) is 5.56. The van der Waals surface area contributed by atoms with Crippen molar-refractivity contribution in [2.75, 3.05) is 38.3 Å². The van der Waals surface area contributed by atoms with E-state index in [1.54, 1.807) is 24.3 Å². The van der Waals surface area contributed by atoms with Gasteiger partial charge in [-0.3, -0.25) is 9.59 Å². The lowest BCUT2D eigenvalue weighted by Gasteiger charge is -2.43. The first-order chi connectivity index (χ1) is 11.8. The van der Waals surface area contributed by atoms with Gasteiger partial charge in [0.1, 0.15) is 6.61 Å². The monoisotopic (exact) mass is 386 g/mol. The maximum atomic E-state index is 12.9.